The van der Waals surface area contributed by atoms with Crippen molar-refractivity contribution < 1.29 is 9.90 Å². The Balaban J connectivity index is 1.52. The summed E-state index contributed by atoms with van der Waals surface area (Å²) >= 11 is 0. The zero-order valence-electron chi connectivity index (χ0n) is 14.0. The van der Waals surface area contributed by atoms with E-state index < -0.39 is 5.97 Å². The minimum Gasteiger partial charge on any atom is -0.481 e. The van der Waals surface area contributed by atoms with Crippen LogP contribution in [0, 0.1) is 0 Å². The van der Waals surface area contributed by atoms with Gasteiger partial charge in [-0.25, -0.2) is 0 Å². The molecule has 0 unspecified atom stereocenters. The van der Waals surface area contributed by atoms with Gasteiger partial charge in [-0.2, -0.15) is 0 Å². The molecule has 0 aromatic heterocycles. The molecule has 1 fully saturated rings. The number of nitrogens with zero attached hydrogens (tertiary/aromatic N) is 1. The molecule has 3 heteroatoms. The molecule has 3 nitrogen and oxygen atoms in total. The predicted molar refractivity (Wildman–Crippen MR) is 97.6 cm³/mol. The Hall–Kier alpha value is -2.29. The van der Waals surface area contributed by atoms with Crippen molar-refractivity contribution in [3.8, 4) is 0 Å². The number of aryl methyl sites for hydroxylation is 1. The summed E-state index contributed by atoms with van der Waals surface area (Å²) in [6.45, 7) is 2.19. The molecular formula is C21H25NO2. The number of hydrogen-bond donors (Lipinski definition) is 1. The van der Waals surface area contributed by atoms with E-state index in [0.717, 1.165) is 19.5 Å². The van der Waals surface area contributed by atoms with Gasteiger partial charge < -0.3 is 10.0 Å². The number of hydrogen-bond acceptors (Lipinski definition) is 2. The lowest BCUT2D eigenvalue weighted by Gasteiger charge is -2.34. The van der Waals surface area contributed by atoms with Crippen LogP contribution in [0.25, 0.3) is 0 Å². The van der Waals surface area contributed by atoms with E-state index in [4.69, 9.17) is 5.11 Å². The molecule has 0 aliphatic carbocycles. The van der Waals surface area contributed by atoms with Crippen molar-refractivity contribution in [2.24, 2.45) is 0 Å². The Bertz CT molecular complexity index is 643. The Labute approximate surface area is 143 Å². The number of anilines is 1. The van der Waals surface area contributed by atoms with E-state index in [1.165, 1.54) is 29.7 Å². The third-order valence-electron chi connectivity index (χ3n) is 4.92. The lowest BCUT2D eigenvalue weighted by atomic mass is 9.89. The topological polar surface area (TPSA) is 40.5 Å². The molecular weight excluding hydrogens is 298 g/mol. The monoisotopic (exact) mass is 323 g/mol. The van der Waals surface area contributed by atoms with E-state index in [1.807, 2.05) is 0 Å². The van der Waals surface area contributed by atoms with E-state index in [0.29, 0.717) is 12.3 Å². The SMILES string of the molecule is O=C(O)CCCc1ccc(N2CCC(c3ccccc3)CC2)cc1. The number of carboxylic acids is 1. The molecule has 0 spiro atoms. The van der Waals surface area contributed by atoms with E-state index in [-0.39, 0.29) is 6.42 Å². The smallest absolute Gasteiger partial charge is 0.303 e. The Kier molecular flexibility index (Phi) is 5.52. The zero-order valence-corrected chi connectivity index (χ0v) is 14.0. The largest absolute Gasteiger partial charge is 0.481 e. The standard InChI is InChI=1S/C21H25NO2/c23-21(24)8-4-5-17-9-11-20(12-10-17)22-15-13-19(14-16-22)18-6-2-1-3-7-18/h1-3,6-7,9-12,19H,4-5,8,13-16H2,(H,23,24). The summed E-state index contributed by atoms with van der Waals surface area (Å²) in [6.07, 6.45) is 4.18. The van der Waals surface area contributed by atoms with Gasteiger partial charge in [0, 0.05) is 25.2 Å². The van der Waals surface area contributed by atoms with Crippen molar-refractivity contribution in [3.05, 3.63) is 65.7 Å². The number of rotatable bonds is 6. The van der Waals surface area contributed by atoms with Crippen LogP contribution in [0.5, 0.6) is 0 Å². The normalized spacial score (nSPS) is 15.4. The van der Waals surface area contributed by atoms with Crippen LogP contribution in [-0.2, 0) is 11.2 Å². The first-order valence-corrected chi connectivity index (χ1v) is 8.83. The highest BCUT2D eigenvalue weighted by atomic mass is 16.4. The van der Waals surface area contributed by atoms with E-state index in [9.17, 15) is 4.79 Å². The first kappa shape index (κ1) is 16.6. The second-order valence-electron chi connectivity index (χ2n) is 6.59. The molecule has 1 N–H and O–H groups in total. The summed E-state index contributed by atoms with van der Waals surface area (Å²) in [4.78, 5) is 13.0. The minimum atomic E-state index is -0.715. The van der Waals surface area contributed by atoms with Crippen LogP contribution in [-0.4, -0.2) is 24.2 Å². The van der Waals surface area contributed by atoms with Gasteiger partial charge in [0.2, 0.25) is 0 Å². The number of benzene rings is 2. The van der Waals surface area contributed by atoms with E-state index in [1.54, 1.807) is 0 Å². The van der Waals surface area contributed by atoms with Gasteiger partial charge in [-0.15, -0.1) is 0 Å². The summed E-state index contributed by atoms with van der Waals surface area (Å²) in [5.74, 6) is -0.0364. The maximum absolute atomic E-state index is 10.6. The van der Waals surface area contributed by atoms with Gasteiger partial charge in [0.15, 0.2) is 0 Å². The van der Waals surface area contributed by atoms with Gasteiger partial charge in [-0.1, -0.05) is 42.5 Å². The molecule has 0 atom stereocenters. The lowest BCUT2D eigenvalue weighted by Crippen LogP contribution is -2.32. The van der Waals surface area contributed by atoms with Gasteiger partial charge in [0.05, 0.1) is 0 Å². The summed E-state index contributed by atoms with van der Waals surface area (Å²) < 4.78 is 0. The Morgan fingerprint density at radius 3 is 2.29 bits per heavy atom. The maximum Gasteiger partial charge on any atom is 0.303 e. The highest BCUT2D eigenvalue weighted by molar-refractivity contribution is 5.66. The summed E-state index contributed by atoms with van der Waals surface area (Å²) in [7, 11) is 0. The minimum absolute atomic E-state index is 0.245. The molecule has 0 saturated carbocycles. The van der Waals surface area contributed by atoms with Gasteiger partial charge in [-0.05, 0) is 54.9 Å². The third kappa shape index (κ3) is 4.38. The van der Waals surface area contributed by atoms with Crippen LogP contribution in [0.4, 0.5) is 5.69 Å². The van der Waals surface area contributed by atoms with Crippen molar-refractivity contribution in [1.82, 2.24) is 0 Å². The first-order chi connectivity index (χ1) is 11.7. The van der Waals surface area contributed by atoms with Gasteiger partial charge in [0.1, 0.15) is 0 Å². The zero-order chi connectivity index (χ0) is 16.8. The average molecular weight is 323 g/mol. The molecule has 1 aliphatic rings. The molecule has 1 heterocycles. The molecule has 126 valence electrons. The van der Waals surface area contributed by atoms with E-state index in [2.05, 4.69) is 59.5 Å². The summed E-state index contributed by atoms with van der Waals surface area (Å²) in [5, 5.41) is 8.70. The highest BCUT2D eigenvalue weighted by Gasteiger charge is 2.20. The van der Waals surface area contributed by atoms with Crippen LogP contribution in [0.15, 0.2) is 54.6 Å². The van der Waals surface area contributed by atoms with Crippen LogP contribution in [0.3, 0.4) is 0 Å². The number of carbonyl (C=O) groups is 1. The first-order valence-electron chi connectivity index (χ1n) is 8.83. The van der Waals surface area contributed by atoms with Gasteiger partial charge in [0.25, 0.3) is 0 Å². The molecule has 3 rings (SSSR count). The van der Waals surface area contributed by atoms with Crippen LogP contribution in [0.1, 0.15) is 42.7 Å². The third-order valence-corrected chi connectivity index (χ3v) is 4.92. The van der Waals surface area contributed by atoms with Crippen molar-refractivity contribution >= 4 is 11.7 Å². The van der Waals surface area contributed by atoms with Crippen molar-refractivity contribution in [1.29, 1.82) is 0 Å². The molecule has 2 aromatic carbocycles. The molecule has 0 amide bonds. The van der Waals surface area contributed by atoms with Gasteiger partial charge in [-0.3, -0.25) is 4.79 Å². The van der Waals surface area contributed by atoms with E-state index >= 15 is 0 Å². The van der Waals surface area contributed by atoms with Crippen molar-refractivity contribution in [2.45, 2.75) is 38.0 Å². The van der Waals surface area contributed by atoms with Crippen LogP contribution < -0.4 is 4.90 Å². The fraction of sp³-hybridized carbons (Fsp3) is 0.381. The predicted octanol–water partition coefficient (Wildman–Crippen LogP) is 4.48. The Morgan fingerprint density at radius 2 is 1.67 bits per heavy atom. The quantitative estimate of drug-likeness (QED) is 0.852. The fourth-order valence-electron chi connectivity index (χ4n) is 3.51. The molecule has 0 radical (unpaired) electrons. The highest BCUT2D eigenvalue weighted by Crippen LogP contribution is 2.30. The maximum atomic E-state index is 10.6. The van der Waals surface area contributed by atoms with Gasteiger partial charge >= 0.3 is 5.97 Å². The fourth-order valence-corrected chi connectivity index (χ4v) is 3.51. The molecule has 0 bridgehead atoms. The van der Waals surface area contributed by atoms with Crippen LogP contribution in [0.2, 0.25) is 0 Å². The number of carboxylic acid groups (broad SMARTS) is 1. The molecule has 1 saturated heterocycles. The lowest BCUT2D eigenvalue weighted by molar-refractivity contribution is -0.137. The molecule has 2 aromatic rings. The summed E-state index contributed by atoms with van der Waals surface area (Å²) in [5.41, 5.74) is 3.97. The average Bonchev–Trinajstić information content (AvgIpc) is 2.63. The number of piperidine rings is 1. The van der Waals surface area contributed by atoms with Crippen molar-refractivity contribution in [2.75, 3.05) is 18.0 Å². The van der Waals surface area contributed by atoms with Crippen LogP contribution >= 0.6 is 0 Å². The second kappa shape index (κ2) is 8.00. The Morgan fingerprint density at radius 1 is 1.00 bits per heavy atom. The molecule has 24 heavy (non-hydrogen) atoms. The summed E-state index contributed by atoms with van der Waals surface area (Å²) in [6, 6.07) is 19.5. The second-order valence-corrected chi connectivity index (χ2v) is 6.59. The van der Waals surface area contributed by atoms with Crippen molar-refractivity contribution in [3.63, 3.8) is 0 Å². The number of aliphatic carboxylic acids is 1. The molecule has 1 aliphatic heterocycles.